The van der Waals surface area contributed by atoms with Gasteiger partial charge in [0.2, 0.25) is 5.91 Å². The van der Waals surface area contributed by atoms with Crippen molar-refractivity contribution in [1.29, 1.82) is 0 Å². The van der Waals surface area contributed by atoms with Gasteiger partial charge in [-0.3, -0.25) is 9.89 Å². The van der Waals surface area contributed by atoms with E-state index in [1.165, 1.54) is 0 Å². The van der Waals surface area contributed by atoms with Gasteiger partial charge >= 0.3 is 0 Å². The minimum atomic E-state index is -0.184. The normalized spacial score (nSPS) is 10.5. The number of carbonyl (C=O) groups is 1. The number of anilines is 1. The van der Waals surface area contributed by atoms with Crippen LogP contribution in [-0.4, -0.2) is 23.2 Å². The number of hydrogen-bond acceptors (Lipinski definition) is 3. The molecule has 5 nitrogen and oxygen atoms in total. The van der Waals surface area contributed by atoms with E-state index >= 15 is 0 Å². The molecule has 0 fully saturated rings. The van der Waals surface area contributed by atoms with Crippen molar-refractivity contribution in [1.82, 2.24) is 10.2 Å². The number of H-pyrrole nitrogens is 1. The molecule has 0 aliphatic rings. The summed E-state index contributed by atoms with van der Waals surface area (Å²) >= 11 is 6.20. The predicted molar refractivity (Wildman–Crippen MR) is 99.1 cm³/mol. The summed E-state index contributed by atoms with van der Waals surface area (Å²) < 4.78 is 5.12. The van der Waals surface area contributed by atoms with E-state index in [-0.39, 0.29) is 12.3 Å². The molecule has 6 heteroatoms. The zero-order valence-electron chi connectivity index (χ0n) is 14.0. The van der Waals surface area contributed by atoms with Crippen molar-refractivity contribution >= 4 is 23.3 Å². The number of amides is 1. The second-order valence-corrected chi connectivity index (χ2v) is 6.03. The van der Waals surface area contributed by atoms with E-state index in [1.54, 1.807) is 25.3 Å². The van der Waals surface area contributed by atoms with Crippen molar-refractivity contribution in [3.63, 3.8) is 0 Å². The van der Waals surface area contributed by atoms with E-state index in [1.807, 2.05) is 37.3 Å². The molecule has 1 heterocycles. The number of methoxy groups -OCH3 is 1. The summed E-state index contributed by atoms with van der Waals surface area (Å²) in [6.07, 6.45) is 0.156. The van der Waals surface area contributed by atoms with Gasteiger partial charge in [0.05, 0.1) is 13.5 Å². The number of aromatic amines is 1. The summed E-state index contributed by atoms with van der Waals surface area (Å²) in [5.41, 5.74) is 3.50. The first kappa shape index (κ1) is 17.0. The van der Waals surface area contributed by atoms with Crippen molar-refractivity contribution in [3.05, 3.63) is 64.8 Å². The van der Waals surface area contributed by atoms with Crippen molar-refractivity contribution in [2.75, 3.05) is 12.4 Å². The molecule has 0 saturated carbocycles. The molecule has 1 aromatic heterocycles. The van der Waals surface area contributed by atoms with Crippen LogP contribution in [-0.2, 0) is 11.2 Å². The average Bonchev–Trinajstić information content (AvgIpc) is 2.97. The van der Waals surface area contributed by atoms with Gasteiger partial charge in [-0.15, -0.1) is 0 Å². The monoisotopic (exact) mass is 355 g/mol. The molecule has 2 N–H and O–H groups in total. The van der Waals surface area contributed by atoms with Crippen molar-refractivity contribution in [2.24, 2.45) is 0 Å². The number of halogens is 1. The Hall–Kier alpha value is -2.79. The Balaban J connectivity index is 1.78. The zero-order chi connectivity index (χ0) is 17.8. The third-order valence-corrected chi connectivity index (χ3v) is 4.23. The molecule has 25 heavy (non-hydrogen) atoms. The van der Waals surface area contributed by atoms with Crippen LogP contribution in [0.2, 0.25) is 5.02 Å². The fourth-order valence-corrected chi connectivity index (χ4v) is 2.86. The highest BCUT2D eigenvalue weighted by molar-refractivity contribution is 6.31. The Kier molecular flexibility index (Phi) is 5.05. The number of nitrogens with zero attached hydrogens (tertiary/aromatic N) is 1. The molecule has 0 atom stereocenters. The molecule has 0 bridgehead atoms. The quantitative estimate of drug-likeness (QED) is 0.719. The summed E-state index contributed by atoms with van der Waals surface area (Å²) in [6.45, 7) is 1.92. The van der Waals surface area contributed by atoms with E-state index in [9.17, 15) is 4.79 Å². The molecule has 128 valence electrons. The van der Waals surface area contributed by atoms with Crippen LogP contribution in [0.15, 0.2) is 48.5 Å². The van der Waals surface area contributed by atoms with Gasteiger partial charge in [-0.2, -0.15) is 5.10 Å². The first-order chi connectivity index (χ1) is 12.1. The maximum absolute atomic E-state index is 12.4. The van der Waals surface area contributed by atoms with E-state index < -0.39 is 0 Å². The summed E-state index contributed by atoms with van der Waals surface area (Å²) in [6, 6.07) is 15.1. The molecular weight excluding hydrogens is 338 g/mol. The average molecular weight is 356 g/mol. The summed E-state index contributed by atoms with van der Waals surface area (Å²) in [5, 5.41) is 10.5. The van der Waals surface area contributed by atoms with Crippen LogP contribution >= 0.6 is 11.6 Å². The second kappa shape index (κ2) is 7.40. The highest BCUT2D eigenvalue weighted by Crippen LogP contribution is 2.29. The largest absolute Gasteiger partial charge is 0.497 e. The summed E-state index contributed by atoms with van der Waals surface area (Å²) in [5.74, 6) is 0.984. The molecule has 0 aliphatic heterocycles. The van der Waals surface area contributed by atoms with Gasteiger partial charge in [0.15, 0.2) is 5.82 Å². The van der Waals surface area contributed by atoms with Crippen LogP contribution < -0.4 is 10.1 Å². The van der Waals surface area contributed by atoms with Crippen LogP contribution in [0.1, 0.15) is 11.3 Å². The fraction of sp³-hybridized carbons (Fsp3) is 0.158. The van der Waals surface area contributed by atoms with E-state index in [0.29, 0.717) is 16.6 Å². The third-order valence-electron chi connectivity index (χ3n) is 3.88. The smallest absolute Gasteiger partial charge is 0.230 e. The second-order valence-electron chi connectivity index (χ2n) is 5.62. The van der Waals surface area contributed by atoms with Crippen LogP contribution in [0.4, 0.5) is 5.82 Å². The van der Waals surface area contributed by atoms with E-state index in [4.69, 9.17) is 16.3 Å². The lowest BCUT2D eigenvalue weighted by atomic mass is 10.1. The van der Waals surface area contributed by atoms with Gasteiger partial charge < -0.3 is 10.1 Å². The number of hydrogen-bond donors (Lipinski definition) is 2. The number of ether oxygens (including phenoxy) is 1. The maximum atomic E-state index is 12.4. The van der Waals surface area contributed by atoms with Crippen LogP contribution in [0, 0.1) is 6.92 Å². The van der Waals surface area contributed by atoms with E-state index in [2.05, 4.69) is 15.5 Å². The Labute approximate surface area is 151 Å². The zero-order valence-corrected chi connectivity index (χ0v) is 14.7. The first-order valence-corrected chi connectivity index (χ1v) is 8.19. The van der Waals surface area contributed by atoms with Gasteiger partial charge in [-0.1, -0.05) is 48.0 Å². The van der Waals surface area contributed by atoms with Gasteiger partial charge in [0.1, 0.15) is 5.75 Å². The molecule has 0 unspecified atom stereocenters. The molecule has 2 aromatic carbocycles. The molecule has 0 saturated heterocycles. The Morgan fingerprint density at radius 2 is 2.00 bits per heavy atom. The number of aryl methyl sites for hydroxylation is 1. The molecule has 3 rings (SSSR count). The van der Waals surface area contributed by atoms with Crippen molar-refractivity contribution in [2.45, 2.75) is 13.3 Å². The van der Waals surface area contributed by atoms with Crippen molar-refractivity contribution < 1.29 is 9.53 Å². The molecule has 0 spiro atoms. The first-order valence-electron chi connectivity index (χ1n) is 7.81. The van der Waals surface area contributed by atoms with E-state index in [0.717, 1.165) is 22.4 Å². The number of carbonyl (C=O) groups excluding carboxylic acids is 1. The van der Waals surface area contributed by atoms with Crippen LogP contribution in [0.25, 0.3) is 11.1 Å². The lowest BCUT2D eigenvalue weighted by Gasteiger charge is -2.08. The molecule has 3 aromatic rings. The molecular formula is C19H18ClN3O2. The third kappa shape index (κ3) is 3.83. The van der Waals surface area contributed by atoms with Crippen LogP contribution in [0.5, 0.6) is 5.75 Å². The fourth-order valence-electron chi connectivity index (χ4n) is 2.63. The summed E-state index contributed by atoms with van der Waals surface area (Å²) in [7, 11) is 1.57. The minimum absolute atomic E-state index is 0.156. The Bertz CT molecular complexity index is 891. The van der Waals surface area contributed by atoms with Crippen LogP contribution in [0.3, 0.4) is 0 Å². The lowest BCUT2D eigenvalue weighted by Crippen LogP contribution is -2.15. The number of nitrogens with one attached hydrogen (secondary N) is 2. The molecule has 0 radical (unpaired) electrons. The van der Waals surface area contributed by atoms with Gasteiger partial charge in [0.25, 0.3) is 0 Å². The molecule has 0 aliphatic carbocycles. The van der Waals surface area contributed by atoms with Gasteiger partial charge in [-0.05, 0) is 30.2 Å². The highest BCUT2D eigenvalue weighted by Gasteiger charge is 2.16. The number of benzene rings is 2. The lowest BCUT2D eigenvalue weighted by molar-refractivity contribution is -0.115. The minimum Gasteiger partial charge on any atom is -0.497 e. The number of rotatable bonds is 5. The Morgan fingerprint density at radius 1 is 1.24 bits per heavy atom. The molecule has 1 amide bonds. The standard InChI is InChI=1S/C19H18ClN3O2/c1-12-18(13-6-4-3-5-7-13)19(23-22-12)21-17(24)10-14-8-9-15(25-2)11-16(14)20/h3-9,11H,10H2,1-2H3,(H2,21,22,23,24). The topological polar surface area (TPSA) is 67.0 Å². The predicted octanol–water partition coefficient (Wildman–Crippen LogP) is 4.23. The summed E-state index contributed by atoms with van der Waals surface area (Å²) in [4.78, 5) is 12.4. The SMILES string of the molecule is COc1ccc(CC(=O)Nc2n[nH]c(C)c2-c2ccccc2)c(Cl)c1. The van der Waals surface area contributed by atoms with Gasteiger partial charge in [0, 0.05) is 16.3 Å². The van der Waals surface area contributed by atoms with Crippen molar-refractivity contribution in [3.8, 4) is 16.9 Å². The maximum Gasteiger partial charge on any atom is 0.230 e. The number of aromatic nitrogens is 2. The van der Waals surface area contributed by atoms with Gasteiger partial charge in [-0.25, -0.2) is 0 Å². The Morgan fingerprint density at radius 3 is 2.68 bits per heavy atom. The highest BCUT2D eigenvalue weighted by atomic mass is 35.5.